The number of halogens is 7. The summed E-state index contributed by atoms with van der Waals surface area (Å²) in [5.41, 5.74) is -9.62. The predicted octanol–water partition coefficient (Wildman–Crippen LogP) is 4.95. The molecule has 6 nitrogen and oxygen atoms in total. The van der Waals surface area contributed by atoms with Crippen LogP contribution in [0, 0.1) is 5.82 Å². The molecule has 0 aliphatic rings. The summed E-state index contributed by atoms with van der Waals surface area (Å²) in [7, 11) is 0. The van der Waals surface area contributed by atoms with Crippen LogP contribution in [-0.2, 0) is 16.4 Å². The molecule has 1 unspecified atom stereocenters. The van der Waals surface area contributed by atoms with Gasteiger partial charge in [-0.1, -0.05) is 25.1 Å². The summed E-state index contributed by atoms with van der Waals surface area (Å²) in [6, 6.07) is 4.74. The lowest BCUT2D eigenvalue weighted by atomic mass is 9.73. The first-order valence-corrected chi connectivity index (χ1v) is 9.82. The number of amides is 1. The van der Waals surface area contributed by atoms with Crippen LogP contribution in [0.3, 0.4) is 0 Å². The number of rotatable bonds is 5. The minimum atomic E-state index is -5.60. The summed E-state index contributed by atoms with van der Waals surface area (Å²) in [5, 5.41) is 15.8. The molecule has 0 saturated carbocycles. The highest BCUT2D eigenvalue weighted by atomic mass is 19.4. The van der Waals surface area contributed by atoms with E-state index in [1.54, 1.807) is 0 Å². The van der Waals surface area contributed by atoms with E-state index >= 15 is 0 Å². The fourth-order valence-corrected chi connectivity index (χ4v) is 3.73. The Balaban J connectivity index is 2.01. The van der Waals surface area contributed by atoms with Gasteiger partial charge in [0.15, 0.2) is 0 Å². The quantitative estimate of drug-likeness (QED) is 0.478. The maximum Gasteiger partial charge on any atom is 0.426 e. The zero-order chi connectivity index (χ0) is 26.4. The van der Waals surface area contributed by atoms with Crippen molar-refractivity contribution in [3.8, 4) is 0 Å². The van der Waals surface area contributed by atoms with Crippen molar-refractivity contribution in [2.75, 3.05) is 5.32 Å². The summed E-state index contributed by atoms with van der Waals surface area (Å²) in [6.07, 6.45) is -11.2. The van der Waals surface area contributed by atoms with E-state index in [1.807, 2.05) is 5.32 Å². The maximum absolute atomic E-state index is 14.0. The SMILES string of the molecule is CC(C)(CC(O)(C(=O)Nc1ccc2c(=O)oncc2c1)C(F)(F)F)c1ccc(F)cc1C(F)(F)F. The Morgan fingerprint density at radius 2 is 1.69 bits per heavy atom. The number of anilines is 1. The molecule has 0 radical (unpaired) electrons. The first-order chi connectivity index (χ1) is 16.0. The molecule has 2 N–H and O–H groups in total. The highest BCUT2D eigenvalue weighted by Gasteiger charge is 2.61. The Labute approximate surface area is 192 Å². The van der Waals surface area contributed by atoms with Gasteiger partial charge in [0.2, 0.25) is 5.60 Å². The number of aliphatic hydroxyl groups is 1. The lowest BCUT2D eigenvalue weighted by molar-refractivity contribution is -0.254. The summed E-state index contributed by atoms with van der Waals surface area (Å²) < 4.78 is 100. The van der Waals surface area contributed by atoms with E-state index in [-0.39, 0.29) is 22.5 Å². The molecule has 35 heavy (non-hydrogen) atoms. The second-order valence-electron chi connectivity index (χ2n) is 8.48. The summed E-state index contributed by atoms with van der Waals surface area (Å²) in [6.45, 7) is 1.92. The maximum atomic E-state index is 14.0. The molecule has 1 aromatic heterocycles. The van der Waals surface area contributed by atoms with Gasteiger partial charge < -0.3 is 14.9 Å². The molecule has 0 fully saturated rings. The molecular formula is C22H17F7N2O4. The largest absolute Gasteiger partial charge is 0.426 e. The Hall–Kier alpha value is -3.48. The van der Waals surface area contributed by atoms with Crippen molar-refractivity contribution in [2.45, 2.75) is 43.6 Å². The molecule has 1 heterocycles. The van der Waals surface area contributed by atoms with Crippen molar-refractivity contribution in [2.24, 2.45) is 0 Å². The molecule has 13 heteroatoms. The van der Waals surface area contributed by atoms with Crippen molar-refractivity contribution >= 4 is 22.4 Å². The zero-order valence-corrected chi connectivity index (χ0v) is 18.0. The molecule has 2 aromatic carbocycles. The number of nitrogens with zero attached hydrogens (tertiary/aromatic N) is 1. The van der Waals surface area contributed by atoms with Crippen molar-refractivity contribution in [3.63, 3.8) is 0 Å². The van der Waals surface area contributed by atoms with Gasteiger partial charge in [0.25, 0.3) is 5.91 Å². The molecule has 0 saturated heterocycles. The smallest absolute Gasteiger partial charge is 0.373 e. The number of nitrogens with one attached hydrogen (secondary N) is 1. The molecule has 3 rings (SSSR count). The number of carbonyl (C=O) groups excluding carboxylic acids is 1. The molecule has 0 aliphatic heterocycles. The van der Waals surface area contributed by atoms with Crippen molar-refractivity contribution < 1.29 is 45.2 Å². The van der Waals surface area contributed by atoms with Crippen LogP contribution in [0.2, 0.25) is 0 Å². The lowest BCUT2D eigenvalue weighted by Gasteiger charge is -2.37. The average molecular weight is 506 g/mol. The Morgan fingerprint density at radius 3 is 2.29 bits per heavy atom. The highest BCUT2D eigenvalue weighted by molar-refractivity contribution is 5.99. The Bertz CT molecular complexity index is 1330. The van der Waals surface area contributed by atoms with Crippen molar-refractivity contribution in [1.82, 2.24) is 5.16 Å². The first-order valence-electron chi connectivity index (χ1n) is 9.82. The molecular weight excluding hydrogens is 489 g/mol. The topological polar surface area (TPSA) is 92.4 Å². The van der Waals surface area contributed by atoms with E-state index in [0.29, 0.717) is 12.1 Å². The van der Waals surface area contributed by atoms with Crippen molar-refractivity contribution in [1.29, 1.82) is 0 Å². The fraction of sp³-hybridized carbons (Fsp3) is 0.318. The molecule has 1 atom stereocenters. The second-order valence-corrected chi connectivity index (χ2v) is 8.48. The highest BCUT2D eigenvalue weighted by Crippen LogP contribution is 2.45. The minimum Gasteiger partial charge on any atom is -0.373 e. The van der Waals surface area contributed by atoms with Crippen LogP contribution in [0.25, 0.3) is 10.8 Å². The standard InChI is InChI=1S/C22H17F7N2O4/c1-19(2,15-6-3-12(23)8-16(15)21(24,25)26)10-20(34,22(27,28)29)18(33)31-13-4-5-14-11(7-13)9-30-35-17(14)32/h3-9,34H,10H2,1-2H3,(H,31,33). The van der Waals surface area contributed by atoms with E-state index in [2.05, 4.69) is 9.68 Å². The normalized spacial score (nSPS) is 14.6. The van der Waals surface area contributed by atoms with Gasteiger partial charge >= 0.3 is 18.0 Å². The third-order valence-corrected chi connectivity index (χ3v) is 5.42. The average Bonchev–Trinajstić information content (AvgIpc) is 2.71. The fourth-order valence-electron chi connectivity index (χ4n) is 3.73. The number of carbonyl (C=O) groups is 1. The van der Waals surface area contributed by atoms with Gasteiger partial charge in [0.05, 0.1) is 17.1 Å². The van der Waals surface area contributed by atoms with Crippen LogP contribution in [0.5, 0.6) is 0 Å². The van der Waals surface area contributed by atoms with Gasteiger partial charge in [-0.2, -0.15) is 26.3 Å². The van der Waals surface area contributed by atoms with Crippen molar-refractivity contribution in [3.05, 3.63) is 70.0 Å². The van der Waals surface area contributed by atoms with E-state index in [4.69, 9.17) is 0 Å². The Kier molecular flexibility index (Phi) is 6.44. The molecule has 1 amide bonds. The second kappa shape index (κ2) is 8.63. The first kappa shape index (κ1) is 26.1. The lowest BCUT2D eigenvalue weighted by Crippen LogP contribution is -2.57. The molecule has 0 bridgehead atoms. The van der Waals surface area contributed by atoms with E-state index in [1.165, 1.54) is 0 Å². The monoisotopic (exact) mass is 506 g/mol. The number of fused-ring (bicyclic) bond motifs is 1. The van der Waals surface area contributed by atoms with Gasteiger partial charge in [-0.05, 0) is 41.3 Å². The van der Waals surface area contributed by atoms with Crippen LogP contribution >= 0.6 is 0 Å². The summed E-state index contributed by atoms with van der Waals surface area (Å²) in [4.78, 5) is 24.3. The van der Waals surface area contributed by atoms with Crippen LogP contribution in [-0.4, -0.2) is 27.9 Å². The van der Waals surface area contributed by atoms with Crippen LogP contribution < -0.4 is 10.9 Å². The van der Waals surface area contributed by atoms with Gasteiger partial charge in [-0.15, -0.1) is 0 Å². The third kappa shape index (κ3) is 5.14. The zero-order valence-electron chi connectivity index (χ0n) is 18.0. The minimum absolute atomic E-state index is 0.0150. The van der Waals surface area contributed by atoms with E-state index in [9.17, 15) is 45.4 Å². The molecule has 0 spiro atoms. The molecule has 188 valence electrons. The van der Waals surface area contributed by atoms with E-state index < -0.39 is 58.3 Å². The van der Waals surface area contributed by atoms with Gasteiger partial charge in [0, 0.05) is 17.5 Å². The number of alkyl halides is 6. The molecule has 0 aliphatic carbocycles. The predicted molar refractivity (Wildman–Crippen MR) is 109 cm³/mol. The molecule has 3 aromatic rings. The number of benzene rings is 2. The van der Waals surface area contributed by atoms with E-state index in [0.717, 1.165) is 38.2 Å². The number of hydrogen-bond donors (Lipinski definition) is 2. The summed E-state index contributed by atoms with van der Waals surface area (Å²) in [5.74, 6) is -3.23. The number of hydrogen-bond acceptors (Lipinski definition) is 5. The van der Waals surface area contributed by atoms with Crippen LogP contribution in [0.15, 0.2) is 51.9 Å². The number of aromatic nitrogens is 1. The van der Waals surface area contributed by atoms with Gasteiger partial charge in [0.1, 0.15) is 5.82 Å². The van der Waals surface area contributed by atoms with Gasteiger partial charge in [-0.3, -0.25) is 4.79 Å². The van der Waals surface area contributed by atoms with Crippen LogP contribution in [0.1, 0.15) is 31.4 Å². The Morgan fingerprint density at radius 1 is 1.03 bits per heavy atom. The van der Waals surface area contributed by atoms with Crippen LogP contribution in [0.4, 0.5) is 36.4 Å². The van der Waals surface area contributed by atoms with Gasteiger partial charge in [-0.25, -0.2) is 9.18 Å². The third-order valence-electron chi connectivity index (χ3n) is 5.42. The summed E-state index contributed by atoms with van der Waals surface area (Å²) >= 11 is 0.